The molecule has 0 aliphatic heterocycles. The third-order valence-electron chi connectivity index (χ3n) is 2.25. The van der Waals surface area contributed by atoms with E-state index in [2.05, 4.69) is 9.97 Å². The number of aromatic amines is 1. The Morgan fingerprint density at radius 1 is 1.38 bits per heavy atom. The molecule has 86 valence electrons. The number of aromatic nitrogens is 2. The first-order valence-electron chi connectivity index (χ1n) is 4.67. The van der Waals surface area contributed by atoms with Crippen molar-refractivity contribution in [3.05, 3.63) is 53.1 Å². The van der Waals surface area contributed by atoms with Gasteiger partial charge in [-0.3, -0.25) is 0 Å². The van der Waals surface area contributed by atoms with E-state index in [-0.39, 0.29) is 12.4 Å². The van der Waals surface area contributed by atoms with Gasteiger partial charge in [-0.2, -0.15) is 0 Å². The van der Waals surface area contributed by atoms with Gasteiger partial charge in [0, 0.05) is 11.4 Å². The van der Waals surface area contributed by atoms with Crippen LogP contribution in [0.3, 0.4) is 0 Å². The predicted octanol–water partition coefficient (Wildman–Crippen LogP) is 2.76. The van der Waals surface area contributed by atoms with Crippen molar-refractivity contribution in [2.45, 2.75) is 12.5 Å². The minimum absolute atomic E-state index is 0. The highest BCUT2D eigenvalue weighted by molar-refractivity contribution is 6.31. The van der Waals surface area contributed by atoms with E-state index in [1.54, 1.807) is 12.5 Å². The smallest absolute Gasteiger partial charge is 0.0994 e. The first-order chi connectivity index (χ1) is 7.27. The van der Waals surface area contributed by atoms with Crippen molar-refractivity contribution in [3.8, 4) is 0 Å². The molecule has 0 fully saturated rings. The van der Waals surface area contributed by atoms with Gasteiger partial charge in [-0.25, -0.2) is 4.98 Å². The van der Waals surface area contributed by atoms with Crippen LogP contribution in [-0.4, -0.2) is 15.1 Å². The normalized spacial score (nSPS) is 11.9. The number of nitrogens with one attached hydrogen (secondary N) is 1. The van der Waals surface area contributed by atoms with Crippen LogP contribution >= 0.6 is 24.0 Å². The van der Waals surface area contributed by atoms with Gasteiger partial charge in [0.25, 0.3) is 0 Å². The highest BCUT2D eigenvalue weighted by Crippen LogP contribution is 2.21. The van der Waals surface area contributed by atoms with E-state index in [0.29, 0.717) is 17.1 Å². The summed E-state index contributed by atoms with van der Waals surface area (Å²) in [5.41, 5.74) is 1.64. The second-order valence-electron chi connectivity index (χ2n) is 3.32. The highest BCUT2D eigenvalue weighted by atomic mass is 35.5. The number of halogens is 2. The molecular weight excluding hydrogens is 247 g/mol. The van der Waals surface area contributed by atoms with Gasteiger partial charge in [0.2, 0.25) is 0 Å². The number of H-pyrrole nitrogens is 1. The average Bonchev–Trinajstić information content (AvgIpc) is 2.74. The van der Waals surface area contributed by atoms with Gasteiger partial charge in [0.05, 0.1) is 24.3 Å². The Bertz CT molecular complexity index is 431. The molecule has 1 unspecified atom stereocenters. The minimum atomic E-state index is -0.590. The molecule has 1 atom stereocenters. The summed E-state index contributed by atoms with van der Waals surface area (Å²) in [4.78, 5) is 6.73. The predicted molar refractivity (Wildman–Crippen MR) is 66.0 cm³/mol. The molecule has 1 aromatic carbocycles. The van der Waals surface area contributed by atoms with Crippen molar-refractivity contribution in [1.29, 1.82) is 0 Å². The summed E-state index contributed by atoms with van der Waals surface area (Å²) in [5, 5.41) is 10.5. The molecule has 0 amide bonds. The second-order valence-corrected chi connectivity index (χ2v) is 3.73. The van der Waals surface area contributed by atoms with Crippen molar-refractivity contribution < 1.29 is 5.11 Å². The molecule has 0 aliphatic carbocycles. The summed E-state index contributed by atoms with van der Waals surface area (Å²) in [5.74, 6) is 0. The molecule has 2 aromatic rings. The van der Waals surface area contributed by atoms with E-state index in [9.17, 15) is 5.11 Å². The molecule has 16 heavy (non-hydrogen) atoms. The third-order valence-corrected chi connectivity index (χ3v) is 2.62. The Morgan fingerprint density at radius 3 is 2.75 bits per heavy atom. The molecule has 0 radical (unpaired) electrons. The van der Waals surface area contributed by atoms with Crippen molar-refractivity contribution in [2.75, 3.05) is 0 Å². The lowest BCUT2D eigenvalue weighted by Crippen LogP contribution is -2.02. The van der Waals surface area contributed by atoms with E-state index < -0.39 is 6.10 Å². The SMILES string of the molecule is Cl.OC(Cc1ccccc1Cl)c1cnc[nH]1. The standard InChI is InChI=1S/C11H11ClN2O.ClH/c12-9-4-2-1-3-8(9)5-11(15)10-6-13-7-14-10;/h1-4,6-7,11,15H,5H2,(H,13,14);1H. The Hall–Kier alpha value is -1.03. The van der Waals surface area contributed by atoms with E-state index in [4.69, 9.17) is 11.6 Å². The van der Waals surface area contributed by atoms with E-state index in [1.807, 2.05) is 24.3 Å². The van der Waals surface area contributed by atoms with Crippen LogP contribution in [0.4, 0.5) is 0 Å². The zero-order valence-electron chi connectivity index (χ0n) is 8.43. The number of imidazole rings is 1. The maximum atomic E-state index is 9.86. The summed E-state index contributed by atoms with van der Waals surface area (Å²) in [6.07, 6.45) is 3.06. The van der Waals surface area contributed by atoms with Gasteiger partial charge in [-0.05, 0) is 11.6 Å². The van der Waals surface area contributed by atoms with E-state index in [0.717, 1.165) is 5.56 Å². The number of aliphatic hydroxyl groups excluding tert-OH is 1. The van der Waals surface area contributed by atoms with Crippen LogP contribution in [0.2, 0.25) is 5.02 Å². The van der Waals surface area contributed by atoms with Crippen LogP contribution in [0.25, 0.3) is 0 Å². The highest BCUT2D eigenvalue weighted by Gasteiger charge is 2.11. The number of hydrogen-bond donors (Lipinski definition) is 2. The lowest BCUT2D eigenvalue weighted by molar-refractivity contribution is 0.174. The van der Waals surface area contributed by atoms with Crippen LogP contribution in [0, 0.1) is 0 Å². The fourth-order valence-corrected chi connectivity index (χ4v) is 1.64. The average molecular weight is 259 g/mol. The zero-order valence-corrected chi connectivity index (χ0v) is 10.0. The van der Waals surface area contributed by atoms with Gasteiger partial charge in [0.15, 0.2) is 0 Å². The molecule has 1 heterocycles. The molecule has 0 spiro atoms. The molecule has 0 bridgehead atoms. The third kappa shape index (κ3) is 2.98. The lowest BCUT2D eigenvalue weighted by atomic mass is 10.1. The van der Waals surface area contributed by atoms with Crippen molar-refractivity contribution in [1.82, 2.24) is 9.97 Å². The summed E-state index contributed by atoms with van der Waals surface area (Å²) in [7, 11) is 0. The quantitative estimate of drug-likeness (QED) is 0.890. The minimum Gasteiger partial charge on any atom is -0.386 e. The Labute approximate surface area is 105 Å². The molecular formula is C11H12Cl2N2O. The summed E-state index contributed by atoms with van der Waals surface area (Å²) in [6.45, 7) is 0. The van der Waals surface area contributed by atoms with Crippen LogP contribution in [-0.2, 0) is 6.42 Å². The van der Waals surface area contributed by atoms with Crippen molar-refractivity contribution >= 4 is 24.0 Å². The van der Waals surface area contributed by atoms with Crippen LogP contribution in [0.5, 0.6) is 0 Å². The first-order valence-corrected chi connectivity index (χ1v) is 5.05. The maximum absolute atomic E-state index is 9.86. The molecule has 5 heteroatoms. The Morgan fingerprint density at radius 2 is 2.12 bits per heavy atom. The molecule has 0 saturated carbocycles. The summed E-state index contributed by atoms with van der Waals surface area (Å²) in [6, 6.07) is 7.49. The number of nitrogens with zero attached hydrogens (tertiary/aromatic N) is 1. The fourth-order valence-electron chi connectivity index (χ4n) is 1.43. The van der Waals surface area contributed by atoms with Crippen molar-refractivity contribution in [2.24, 2.45) is 0 Å². The van der Waals surface area contributed by atoms with Crippen LogP contribution < -0.4 is 0 Å². The second kappa shape index (κ2) is 5.89. The Balaban J connectivity index is 0.00000128. The molecule has 2 N–H and O–H groups in total. The molecule has 1 aromatic heterocycles. The van der Waals surface area contributed by atoms with Crippen LogP contribution in [0.15, 0.2) is 36.8 Å². The molecule has 0 aliphatic rings. The molecule has 3 nitrogen and oxygen atoms in total. The van der Waals surface area contributed by atoms with Gasteiger partial charge in [-0.15, -0.1) is 12.4 Å². The van der Waals surface area contributed by atoms with Crippen molar-refractivity contribution in [3.63, 3.8) is 0 Å². The van der Waals surface area contributed by atoms with Gasteiger partial charge in [0.1, 0.15) is 0 Å². The Kier molecular flexibility index (Phi) is 4.80. The summed E-state index contributed by atoms with van der Waals surface area (Å²) < 4.78 is 0. The van der Waals surface area contributed by atoms with Gasteiger partial charge >= 0.3 is 0 Å². The van der Waals surface area contributed by atoms with E-state index in [1.165, 1.54) is 0 Å². The summed E-state index contributed by atoms with van der Waals surface area (Å²) >= 11 is 5.99. The number of hydrogen-bond acceptors (Lipinski definition) is 2. The fraction of sp³-hybridized carbons (Fsp3) is 0.182. The van der Waals surface area contributed by atoms with E-state index >= 15 is 0 Å². The van der Waals surface area contributed by atoms with Gasteiger partial charge < -0.3 is 10.1 Å². The monoisotopic (exact) mass is 258 g/mol. The lowest BCUT2D eigenvalue weighted by Gasteiger charge is -2.09. The zero-order chi connectivity index (χ0) is 10.7. The number of aliphatic hydroxyl groups is 1. The largest absolute Gasteiger partial charge is 0.386 e. The molecule has 2 rings (SSSR count). The first kappa shape index (κ1) is 13.0. The molecule has 0 saturated heterocycles. The number of benzene rings is 1. The topological polar surface area (TPSA) is 48.9 Å². The maximum Gasteiger partial charge on any atom is 0.0994 e. The van der Waals surface area contributed by atoms with Gasteiger partial charge in [-0.1, -0.05) is 29.8 Å². The number of rotatable bonds is 3. The van der Waals surface area contributed by atoms with Crippen LogP contribution in [0.1, 0.15) is 17.4 Å².